The fraction of sp³-hybridized carbons (Fsp3) is 0.0833. The molecule has 0 bridgehead atoms. The van der Waals surface area contributed by atoms with Crippen LogP contribution < -0.4 is 0 Å². The molecule has 1 heterocycles. The molecule has 0 unspecified atom stereocenters. The van der Waals surface area contributed by atoms with E-state index in [4.69, 9.17) is 10.5 Å². The van der Waals surface area contributed by atoms with E-state index in [1.165, 1.54) is 0 Å². The summed E-state index contributed by atoms with van der Waals surface area (Å²) in [4.78, 5) is 4.20. The number of para-hydroxylation sites is 1. The number of nitrogens with zero attached hydrogens (tertiary/aromatic N) is 3. The minimum absolute atomic E-state index is 0.652. The van der Waals surface area contributed by atoms with Crippen LogP contribution in [0, 0.1) is 22.7 Å². The lowest BCUT2D eigenvalue weighted by Crippen LogP contribution is -1.93. The number of aromatic nitrogens is 1. The second kappa shape index (κ2) is 3.77. The van der Waals surface area contributed by atoms with Crippen LogP contribution in [-0.2, 0) is 0 Å². The molecule has 0 N–H and O–H groups in total. The second-order valence-corrected chi connectivity index (χ2v) is 3.15. The largest absolute Gasteiger partial charge is 0.256 e. The molecule has 0 aliphatic heterocycles. The first-order chi connectivity index (χ1) is 7.35. The number of benzene rings is 1. The quantitative estimate of drug-likeness (QED) is 0.698. The van der Waals surface area contributed by atoms with Gasteiger partial charge in [-0.2, -0.15) is 10.5 Å². The topological polar surface area (TPSA) is 60.5 Å². The summed E-state index contributed by atoms with van der Waals surface area (Å²) in [6.07, 6.45) is 1.58. The highest BCUT2D eigenvalue weighted by molar-refractivity contribution is 5.79. The Morgan fingerprint density at radius 1 is 1.13 bits per heavy atom. The van der Waals surface area contributed by atoms with Crippen LogP contribution in [0.15, 0.2) is 36.5 Å². The summed E-state index contributed by atoms with van der Waals surface area (Å²) in [5.74, 6) is -0.734. The molecule has 0 radical (unpaired) electrons. The van der Waals surface area contributed by atoms with E-state index < -0.39 is 5.92 Å². The van der Waals surface area contributed by atoms with Crippen LogP contribution in [0.4, 0.5) is 0 Å². The Bertz CT molecular complexity index is 561. The van der Waals surface area contributed by atoms with Crippen molar-refractivity contribution >= 4 is 10.9 Å². The monoisotopic (exact) mass is 193 g/mol. The fourth-order valence-electron chi connectivity index (χ4n) is 1.42. The minimum Gasteiger partial charge on any atom is -0.256 e. The molecule has 1 aromatic heterocycles. The first kappa shape index (κ1) is 9.18. The van der Waals surface area contributed by atoms with Crippen LogP contribution in [-0.4, -0.2) is 4.98 Å². The van der Waals surface area contributed by atoms with Gasteiger partial charge in [-0.1, -0.05) is 18.2 Å². The summed E-state index contributed by atoms with van der Waals surface area (Å²) in [7, 11) is 0. The van der Waals surface area contributed by atoms with E-state index in [9.17, 15) is 0 Å². The maximum absolute atomic E-state index is 8.75. The third kappa shape index (κ3) is 1.63. The molecule has 0 amide bonds. The Kier molecular flexibility index (Phi) is 2.31. The van der Waals surface area contributed by atoms with Gasteiger partial charge in [-0.3, -0.25) is 4.98 Å². The minimum atomic E-state index is -0.734. The summed E-state index contributed by atoms with van der Waals surface area (Å²) in [6.45, 7) is 0. The SMILES string of the molecule is N#CC(C#N)c1cnc2ccccc2c1. The molecule has 0 aliphatic rings. The maximum atomic E-state index is 8.75. The van der Waals surface area contributed by atoms with Gasteiger partial charge in [0.15, 0.2) is 5.92 Å². The van der Waals surface area contributed by atoms with Crippen LogP contribution in [0.5, 0.6) is 0 Å². The third-order valence-electron chi connectivity index (χ3n) is 2.20. The highest BCUT2D eigenvalue weighted by Gasteiger charge is 2.09. The van der Waals surface area contributed by atoms with Crippen molar-refractivity contribution in [3.8, 4) is 12.1 Å². The number of nitriles is 2. The summed E-state index contributed by atoms with van der Waals surface area (Å²) >= 11 is 0. The molecular weight excluding hydrogens is 186 g/mol. The molecule has 15 heavy (non-hydrogen) atoms. The van der Waals surface area contributed by atoms with Crippen molar-refractivity contribution < 1.29 is 0 Å². The van der Waals surface area contributed by atoms with Crippen molar-refractivity contribution in [2.24, 2.45) is 0 Å². The lowest BCUT2D eigenvalue weighted by atomic mass is 10.0. The Hall–Kier alpha value is -2.39. The molecule has 3 nitrogen and oxygen atoms in total. The normalized spacial score (nSPS) is 9.80. The van der Waals surface area contributed by atoms with Gasteiger partial charge in [-0.25, -0.2) is 0 Å². The summed E-state index contributed by atoms with van der Waals surface area (Å²) in [5, 5.41) is 18.5. The van der Waals surface area contributed by atoms with E-state index in [2.05, 4.69) is 4.98 Å². The number of hydrogen-bond donors (Lipinski definition) is 0. The van der Waals surface area contributed by atoms with Crippen molar-refractivity contribution in [2.45, 2.75) is 5.92 Å². The Labute approximate surface area is 87.2 Å². The lowest BCUT2D eigenvalue weighted by molar-refractivity contribution is 1.09. The average Bonchev–Trinajstić information content (AvgIpc) is 2.30. The summed E-state index contributed by atoms with van der Waals surface area (Å²) < 4.78 is 0. The zero-order chi connectivity index (χ0) is 10.7. The van der Waals surface area contributed by atoms with Gasteiger partial charge in [-0.15, -0.1) is 0 Å². The number of fused-ring (bicyclic) bond motifs is 1. The van der Waals surface area contributed by atoms with E-state index in [0.29, 0.717) is 5.56 Å². The van der Waals surface area contributed by atoms with Gasteiger partial charge in [0.2, 0.25) is 0 Å². The third-order valence-corrected chi connectivity index (χ3v) is 2.20. The molecule has 0 saturated carbocycles. The zero-order valence-corrected chi connectivity index (χ0v) is 7.88. The van der Waals surface area contributed by atoms with Crippen LogP contribution >= 0.6 is 0 Å². The first-order valence-corrected chi connectivity index (χ1v) is 4.49. The number of hydrogen-bond acceptors (Lipinski definition) is 3. The molecule has 1 aromatic carbocycles. The van der Waals surface area contributed by atoms with E-state index >= 15 is 0 Å². The van der Waals surface area contributed by atoms with E-state index in [1.54, 1.807) is 6.20 Å². The van der Waals surface area contributed by atoms with E-state index in [0.717, 1.165) is 10.9 Å². The van der Waals surface area contributed by atoms with Gasteiger partial charge >= 0.3 is 0 Å². The Balaban J connectivity index is 2.58. The van der Waals surface area contributed by atoms with Crippen molar-refractivity contribution in [3.05, 3.63) is 42.1 Å². The molecule has 0 fully saturated rings. The van der Waals surface area contributed by atoms with Crippen LogP contribution in [0.3, 0.4) is 0 Å². The number of rotatable bonds is 1. The van der Waals surface area contributed by atoms with Crippen LogP contribution in [0.25, 0.3) is 10.9 Å². The molecule has 70 valence electrons. The Morgan fingerprint density at radius 2 is 1.87 bits per heavy atom. The van der Waals surface area contributed by atoms with Crippen LogP contribution in [0.1, 0.15) is 11.5 Å². The predicted molar refractivity (Wildman–Crippen MR) is 55.7 cm³/mol. The zero-order valence-electron chi connectivity index (χ0n) is 7.88. The smallest absolute Gasteiger partial charge is 0.159 e. The average molecular weight is 193 g/mol. The molecule has 0 spiro atoms. The fourth-order valence-corrected chi connectivity index (χ4v) is 1.42. The molecule has 0 aliphatic carbocycles. The van der Waals surface area contributed by atoms with Crippen molar-refractivity contribution in [1.29, 1.82) is 10.5 Å². The molecular formula is C12H7N3. The van der Waals surface area contributed by atoms with Crippen molar-refractivity contribution in [1.82, 2.24) is 4.98 Å². The Morgan fingerprint density at radius 3 is 2.60 bits per heavy atom. The number of pyridine rings is 1. The highest BCUT2D eigenvalue weighted by atomic mass is 14.6. The second-order valence-electron chi connectivity index (χ2n) is 3.15. The molecule has 2 aromatic rings. The van der Waals surface area contributed by atoms with Crippen molar-refractivity contribution in [3.63, 3.8) is 0 Å². The molecule has 0 saturated heterocycles. The lowest BCUT2D eigenvalue weighted by Gasteiger charge is -2.01. The van der Waals surface area contributed by atoms with E-state index in [-0.39, 0.29) is 0 Å². The highest BCUT2D eigenvalue weighted by Crippen LogP contribution is 2.18. The van der Waals surface area contributed by atoms with Gasteiger partial charge in [0.25, 0.3) is 0 Å². The predicted octanol–water partition coefficient (Wildman–Crippen LogP) is 2.37. The standard InChI is InChI=1S/C12H7N3/c13-6-11(7-14)10-5-9-3-1-2-4-12(9)15-8-10/h1-5,8,11H. The molecule has 0 atom stereocenters. The summed E-state index contributed by atoms with van der Waals surface area (Å²) in [6, 6.07) is 13.3. The van der Waals surface area contributed by atoms with Gasteiger partial charge in [0.1, 0.15) is 0 Å². The van der Waals surface area contributed by atoms with Gasteiger partial charge in [0, 0.05) is 17.1 Å². The molecule has 3 heteroatoms. The van der Waals surface area contributed by atoms with Crippen LogP contribution in [0.2, 0.25) is 0 Å². The van der Waals surface area contributed by atoms with E-state index in [1.807, 2.05) is 42.5 Å². The van der Waals surface area contributed by atoms with Gasteiger partial charge in [-0.05, 0) is 12.1 Å². The maximum Gasteiger partial charge on any atom is 0.159 e. The summed E-state index contributed by atoms with van der Waals surface area (Å²) in [5.41, 5.74) is 1.52. The van der Waals surface area contributed by atoms with Crippen molar-refractivity contribution in [2.75, 3.05) is 0 Å². The van der Waals surface area contributed by atoms with Gasteiger partial charge < -0.3 is 0 Å². The van der Waals surface area contributed by atoms with Gasteiger partial charge in [0.05, 0.1) is 17.7 Å². The first-order valence-electron chi connectivity index (χ1n) is 4.49. The molecule has 2 rings (SSSR count).